The molecule has 0 fully saturated rings. The second-order valence-electron chi connectivity index (χ2n) is 5.75. The molecule has 19 heavy (non-hydrogen) atoms. The largest absolute Gasteiger partial charge is 0.390 e. The van der Waals surface area contributed by atoms with E-state index in [1.54, 1.807) is 6.07 Å². The minimum atomic E-state index is -0.770. The molecule has 0 heterocycles. The maximum Gasteiger partial charge on any atom is 0.126 e. The summed E-state index contributed by atoms with van der Waals surface area (Å²) in [6.07, 6.45) is -0.933. The number of hydrogen-bond acceptors (Lipinski definition) is 2. The van der Waals surface area contributed by atoms with Crippen LogP contribution in [0.3, 0.4) is 0 Å². The topological polar surface area (TPSA) is 29.5 Å². The van der Waals surface area contributed by atoms with Crippen LogP contribution in [0.5, 0.6) is 0 Å². The summed E-state index contributed by atoms with van der Waals surface area (Å²) in [6.45, 7) is 8.36. The Hall–Kier alpha value is -0.640. The van der Waals surface area contributed by atoms with E-state index in [1.807, 2.05) is 27.7 Å². The van der Waals surface area contributed by atoms with Gasteiger partial charge < -0.3 is 9.84 Å². The highest BCUT2D eigenvalue weighted by Crippen LogP contribution is 2.27. The van der Waals surface area contributed by atoms with Crippen molar-refractivity contribution in [2.45, 2.75) is 46.3 Å². The first-order valence-electron chi connectivity index (χ1n) is 6.49. The smallest absolute Gasteiger partial charge is 0.126 e. The molecule has 0 aliphatic carbocycles. The van der Waals surface area contributed by atoms with Crippen molar-refractivity contribution in [1.29, 1.82) is 0 Å². The van der Waals surface area contributed by atoms with Gasteiger partial charge in [-0.25, -0.2) is 4.39 Å². The van der Waals surface area contributed by atoms with Crippen LogP contribution in [0.15, 0.2) is 18.2 Å². The molecule has 4 heteroatoms. The fourth-order valence-corrected chi connectivity index (χ4v) is 2.34. The molecule has 0 saturated carbocycles. The fraction of sp³-hybridized carbons (Fsp3) is 0.600. The number of ether oxygens (including phenoxy) is 1. The van der Waals surface area contributed by atoms with E-state index in [0.717, 1.165) is 0 Å². The summed E-state index contributed by atoms with van der Waals surface area (Å²) in [4.78, 5) is 0. The Kier molecular flexibility index (Phi) is 5.78. The van der Waals surface area contributed by atoms with Gasteiger partial charge in [-0.1, -0.05) is 32.4 Å². The van der Waals surface area contributed by atoms with Gasteiger partial charge in [0.2, 0.25) is 0 Å². The van der Waals surface area contributed by atoms with E-state index in [0.29, 0.717) is 17.2 Å². The summed E-state index contributed by atoms with van der Waals surface area (Å²) in [5.41, 5.74) is 0.193. The summed E-state index contributed by atoms with van der Waals surface area (Å²) < 4.78 is 19.3. The predicted octanol–water partition coefficient (Wildman–Crippen LogP) is 3.83. The Bertz CT molecular complexity index is 415. The molecule has 0 spiro atoms. The highest BCUT2D eigenvalue weighted by molar-refractivity contribution is 6.30. The molecule has 1 rings (SSSR count). The van der Waals surface area contributed by atoms with Gasteiger partial charge in [-0.2, -0.15) is 0 Å². The molecule has 1 aromatic rings. The van der Waals surface area contributed by atoms with E-state index in [1.165, 1.54) is 12.1 Å². The second kappa shape index (κ2) is 6.69. The molecule has 1 aromatic carbocycles. The first kappa shape index (κ1) is 16.4. The maximum atomic E-state index is 13.7. The van der Waals surface area contributed by atoms with Crippen LogP contribution in [-0.2, 0) is 11.2 Å². The minimum Gasteiger partial charge on any atom is -0.390 e. The summed E-state index contributed by atoms with van der Waals surface area (Å²) in [5, 5.41) is 10.8. The quantitative estimate of drug-likeness (QED) is 0.892. The van der Waals surface area contributed by atoms with Gasteiger partial charge in [-0.05, 0) is 36.1 Å². The van der Waals surface area contributed by atoms with Gasteiger partial charge in [-0.3, -0.25) is 0 Å². The van der Waals surface area contributed by atoms with Crippen molar-refractivity contribution in [1.82, 2.24) is 0 Å². The van der Waals surface area contributed by atoms with E-state index >= 15 is 0 Å². The van der Waals surface area contributed by atoms with Crippen molar-refractivity contribution in [3.63, 3.8) is 0 Å². The predicted molar refractivity (Wildman–Crippen MR) is 76.0 cm³/mol. The summed E-state index contributed by atoms with van der Waals surface area (Å²) in [7, 11) is 0. The number of aliphatic hydroxyl groups excluding tert-OH is 1. The first-order valence-corrected chi connectivity index (χ1v) is 6.87. The van der Waals surface area contributed by atoms with Gasteiger partial charge in [0.15, 0.2) is 0 Å². The van der Waals surface area contributed by atoms with Crippen LogP contribution in [0, 0.1) is 11.2 Å². The van der Waals surface area contributed by atoms with Crippen LogP contribution in [0.1, 0.15) is 33.3 Å². The van der Waals surface area contributed by atoms with E-state index in [-0.39, 0.29) is 23.8 Å². The van der Waals surface area contributed by atoms with Crippen molar-refractivity contribution in [3.05, 3.63) is 34.6 Å². The average molecular weight is 289 g/mol. The summed E-state index contributed by atoms with van der Waals surface area (Å²) in [6, 6.07) is 4.36. The summed E-state index contributed by atoms with van der Waals surface area (Å²) >= 11 is 5.85. The molecule has 108 valence electrons. The average Bonchev–Trinajstić information content (AvgIpc) is 2.29. The molecule has 0 aliphatic rings. The third-order valence-corrected chi connectivity index (χ3v) is 3.22. The molecule has 0 aromatic heterocycles. The highest BCUT2D eigenvalue weighted by Gasteiger charge is 2.32. The van der Waals surface area contributed by atoms with Gasteiger partial charge in [0.25, 0.3) is 0 Å². The van der Waals surface area contributed by atoms with Crippen molar-refractivity contribution in [2.75, 3.05) is 6.61 Å². The molecule has 1 N–H and O–H groups in total. The van der Waals surface area contributed by atoms with Crippen LogP contribution >= 0.6 is 11.6 Å². The number of hydrogen-bond donors (Lipinski definition) is 1. The van der Waals surface area contributed by atoms with Crippen LogP contribution in [-0.4, -0.2) is 23.9 Å². The normalized spacial score (nSPS) is 15.3. The summed E-state index contributed by atoms with van der Waals surface area (Å²) in [5.74, 6) is -0.354. The maximum absolute atomic E-state index is 13.7. The lowest BCUT2D eigenvalue weighted by Gasteiger charge is -2.34. The molecule has 2 atom stereocenters. The van der Waals surface area contributed by atoms with Gasteiger partial charge in [0.05, 0.1) is 12.2 Å². The van der Waals surface area contributed by atoms with Gasteiger partial charge in [-0.15, -0.1) is 0 Å². The molecule has 0 aliphatic heterocycles. The van der Waals surface area contributed by atoms with Crippen LogP contribution in [0.4, 0.5) is 4.39 Å². The van der Waals surface area contributed by atoms with Crippen molar-refractivity contribution in [3.8, 4) is 0 Å². The first-order chi connectivity index (χ1) is 8.75. The van der Waals surface area contributed by atoms with Crippen LogP contribution in [0.2, 0.25) is 5.02 Å². The van der Waals surface area contributed by atoms with Crippen LogP contribution in [0.25, 0.3) is 0 Å². The SMILES string of the molecule is CCOC(C(O)Cc1cc(Cl)ccc1F)C(C)(C)C. The molecule has 0 radical (unpaired) electrons. The van der Waals surface area contributed by atoms with Gasteiger partial charge in [0.1, 0.15) is 5.82 Å². The van der Waals surface area contributed by atoms with Gasteiger partial charge >= 0.3 is 0 Å². The van der Waals surface area contributed by atoms with E-state index in [4.69, 9.17) is 16.3 Å². The van der Waals surface area contributed by atoms with E-state index in [2.05, 4.69) is 0 Å². The zero-order valence-electron chi connectivity index (χ0n) is 11.9. The minimum absolute atomic E-state index is 0.189. The van der Waals surface area contributed by atoms with E-state index in [9.17, 15) is 9.50 Å². The van der Waals surface area contributed by atoms with Crippen LogP contribution < -0.4 is 0 Å². The Balaban J connectivity index is 2.87. The Morgan fingerprint density at radius 2 is 2.00 bits per heavy atom. The third-order valence-electron chi connectivity index (χ3n) is 2.99. The molecule has 0 amide bonds. The molecule has 0 bridgehead atoms. The molecule has 0 saturated heterocycles. The van der Waals surface area contributed by atoms with Gasteiger partial charge in [0, 0.05) is 18.1 Å². The lowest BCUT2D eigenvalue weighted by Crippen LogP contribution is -2.41. The van der Waals surface area contributed by atoms with Crippen molar-refractivity contribution >= 4 is 11.6 Å². The monoisotopic (exact) mass is 288 g/mol. The Labute approximate surface area is 119 Å². The number of halogens is 2. The zero-order valence-corrected chi connectivity index (χ0v) is 12.7. The lowest BCUT2D eigenvalue weighted by atomic mass is 9.83. The Morgan fingerprint density at radius 3 is 2.53 bits per heavy atom. The van der Waals surface area contributed by atoms with Crippen molar-refractivity contribution < 1.29 is 14.2 Å². The Morgan fingerprint density at radius 1 is 1.37 bits per heavy atom. The highest BCUT2D eigenvalue weighted by atomic mass is 35.5. The molecule has 2 unspecified atom stereocenters. The second-order valence-corrected chi connectivity index (χ2v) is 6.19. The number of benzene rings is 1. The number of rotatable bonds is 5. The zero-order chi connectivity index (χ0) is 14.6. The third kappa shape index (κ3) is 4.75. The molecular formula is C15H22ClFO2. The number of aliphatic hydroxyl groups is 1. The molecular weight excluding hydrogens is 267 g/mol. The standard InChI is InChI=1S/C15H22ClFO2/c1-5-19-14(15(2,3)4)13(18)9-10-8-11(16)6-7-12(10)17/h6-8,13-14,18H,5,9H2,1-4H3. The van der Waals surface area contributed by atoms with Crippen molar-refractivity contribution in [2.24, 2.45) is 5.41 Å². The fourth-order valence-electron chi connectivity index (χ4n) is 2.15. The molecule has 2 nitrogen and oxygen atoms in total. The van der Waals surface area contributed by atoms with E-state index < -0.39 is 6.10 Å². The lowest BCUT2D eigenvalue weighted by molar-refractivity contribution is -0.0875.